The zero-order chi connectivity index (χ0) is 18.7. The van der Waals surface area contributed by atoms with Gasteiger partial charge in [0.2, 0.25) is 23.6 Å². The largest absolute Gasteiger partial charge is 0.480 e. The summed E-state index contributed by atoms with van der Waals surface area (Å²) in [6, 6.07) is -1.76. The third-order valence-electron chi connectivity index (χ3n) is 2.89. The van der Waals surface area contributed by atoms with E-state index in [2.05, 4.69) is 21.3 Å². The first-order valence-corrected chi connectivity index (χ1v) is 7.53. The number of carbonyl (C=O) groups is 5. The molecule has 0 aromatic heterocycles. The van der Waals surface area contributed by atoms with Gasteiger partial charge in [0.15, 0.2) is 0 Å². The fourth-order valence-electron chi connectivity index (χ4n) is 1.56. The minimum absolute atomic E-state index is 0.183. The molecular weight excluding hydrogens is 320 g/mol. The topological polar surface area (TPSA) is 154 Å². The predicted molar refractivity (Wildman–Crippen MR) is 83.8 cm³/mol. The van der Waals surface area contributed by atoms with Gasteiger partial charge in [0.25, 0.3) is 0 Å². The highest BCUT2D eigenvalue weighted by atomic mass is 16.4. The first kappa shape index (κ1) is 21.4. The van der Waals surface area contributed by atoms with Crippen LogP contribution in [0.5, 0.6) is 0 Å². The molecule has 0 saturated carbocycles. The van der Waals surface area contributed by atoms with Crippen molar-refractivity contribution in [2.24, 2.45) is 0 Å². The Morgan fingerprint density at radius 1 is 0.833 bits per heavy atom. The summed E-state index contributed by atoms with van der Waals surface area (Å²) in [5, 5.41) is 18.1. The molecule has 0 aliphatic rings. The van der Waals surface area contributed by atoms with Crippen molar-refractivity contribution in [3.05, 3.63) is 0 Å². The number of amides is 4. The molecule has 0 radical (unpaired) electrons. The summed E-state index contributed by atoms with van der Waals surface area (Å²) < 4.78 is 0. The molecule has 24 heavy (non-hydrogen) atoms. The highest BCUT2D eigenvalue weighted by molar-refractivity contribution is 5.91. The maximum absolute atomic E-state index is 11.6. The third kappa shape index (κ3) is 9.38. The Hall–Kier alpha value is -2.65. The Kier molecular flexibility index (Phi) is 9.76. The molecule has 0 heterocycles. The molecule has 0 unspecified atom stereocenters. The lowest BCUT2D eigenvalue weighted by molar-refractivity contribution is -0.141. The Morgan fingerprint density at radius 3 is 1.92 bits per heavy atom. The standard InChI is InChI=1S/C14H24N4O6/c1-4-15-13(22)8(2)17-12(21)7-16-10(19)5-6-11(20)18-9(3)14(23)24/h8-9H,4-7H2,1-3H3,(H,15,22)(H,16,19)(H,17,21)(H,18,20)(H,23,24)/t8-,9-/m0/s1. The van der Waals surface area contributed by atoms with Crippen molar-refractivity contribution in [2.75, 3.05) is 13.1 Å². The number of nitrogens with one attached hydrogen (secondary N) is 4. The Bertz CT molecular complexity index is 494. The number of aliphatic carboxylic acids is 1. The second-order valence-electron chi connectivity index (χ2n) is 5.09. The van der Waals surface area contributed by atoms with E-state index in [-0.39, 0.29) is 25.3 Å². The van der Waals surface area contributed by atoms with Crippen molar-refractivity contribution in [1.29, 1.82) is 0 Å². The van der Waals surface area contributed by atoms with E-state index in [0.29, 0.717) is 6.54 Å². The maximum atomic E-state index is 11.6. The van der Waals surface area contributed by atoms with Crippen LogP contribution in [0.1, 0.15) is 33.6 Å². The molecule has 0 rings (SSSR count). The molecule has 10 heteroatoms. The summed E-state index contributed by atoms with van der Waals surface area (Å²) in [5.74, 6) is -3.15. The van der Waals surface area contributed by atoms with Gasteiger partial charge in [-0.15, -0.1) is 0 Å². The zero-order valence-electron chi connectivity index (χ0n) is 14.0. The summed E-state index contributed by atoms with van der Waals surface area (Å²) in [6.45, 7) is 4.69. The van der Waals surface area contributed by atoms with Gasteiger partial charge in [0.1, 0.15) is 12.1 Å². The van der Waals surface area contributed by atoms with Crippen LogP contribution >= 0.6 is 0 Å². The molecule has 0 fully saturated rings. The van der Waals surface area contributed by atoms with E-state index >= 15 is 0 Å². The molecule has 10 nitrogen and oxygen atoms in total. The van der Waals surface area contributed by atoms with Gasteiger partial charge in [-0.1, -0.05) is 0 Å². The number of rotatable bonds is 10. The number of carbonyl (C=O) groups excluding carboxylic acids is 4. The van der Waals surface area contributed by atoms with E-state index in [9.17, 15) is 24.0 Å². The lowest BCUT2D eigenvalue weighted by Gasteiger charge is -2.13. The summed E-state index contributed by atoms with van der Waals surface area (Å²) in [6.07, 6.45) is -0.377. The van der Waals surface area contributed by atoms with E-state index in [1.807, 2.05) is 0 Å². The SMILES string of the molecule is CCNC(=O)[C@H](C)NC(=O)CNC(=O)CCC(=O)N[C@@H](C)C(=O)O. The molecule has 2 atom stereocenters. The monoisotopic (exact) mass is 344 g/mol. The fourth-order valence-corrected chi connectivity index (χ4v) is 1.56. The van der Waals surface area contributed by atoms with Crippen LogP contribution < -0.4 is 21.3 Å². The first-order chi connectivity index (χ1) is 11.2. The van der Waals surface area contributed by atoms with Gasteiger partial charge >= 0.3 is 5.97 Å². The Morgan fingerprint density at radius 2 is 1.38 bits per heavy atom. The summed E-state index contributed by atoms with van der Waals surface area (Å²) in [5.41, 5.74) is 0. The summed E-state index contributed by atoms with van der Waals surface area (Å²) in [7, 11) is 0. The van der Waals surface area contributed by atoms with E-state index in [0.717, 1.165) is 0 Å². The number of hydrogen-bond acceptors (Lipinski definition) is 5. The lowest BCUT2D eigenvalue weighted by Crippen LogP contribution is -2.48. The molecule has 0 bridgehead atoms. The minimum atomic E-state index is -1.18. The quantitative estimate of drug-likeness (QED) is 0.312. The second kappa shape index (κ2) is 11.0. The lowest BCUT2D eigenvalue weighted by atomic mass is 10.2. The van der Waals surface area contributed by atoms with Crippen molar-refractivity contribution in [3.63, 3.8) is 0 Å². The average Bonchev–Trinajstić information content (AvgIpc) is 2.50. The van der Waals surface area contributed by atoms with Crippen LogP contribution in [0.2, 0.25) is 0 Å². The molecule has 5 N–H and O–H groups in total. The van der Waals surface area contributed by atoms with Crippen LogP contribution in [0.4, 0.5) is 0 Å². The molecule has 0 aliphatic carbocycles. The van der Waals surface area contributed by atoms with Gasteiger partial charge in [0, 0.05) is 19.4 Å². The number of carboxylic acids is 1. The second-order valence-corrected chi connectivity index (χ2v) is 5.09. The molecule has 0 spiro atoms. The maximum Gasteiger partial charge on any atom is 0.325 e. The smallest absolute Gasteiger partial charge is 0.325 e. The normalized spacial score (nSPS) is 12.5. The first-order valence-electron chi connectivity index (χ1n) is 7.53. The van der Waals surface area contributed by atoms with E-state index in [1.165, 1.54) is 13.8 Å². The van der Waals surface area contributed by atoms with Crippen molar-refractivity contribution in [3.8, 4) is 0 Å². The summed E-state index contributed by atoms with van der Waals surface area (Å²) >= 11 is 0. The average molecular weight is 344 g/mol. The minimum Gasteiger partial charge on any atom is -0.480 e. The molecule has 136 valence electrons. The molecule has 0 aromatic carbocycles. The van der Waals surface area contributed by atoms with Crippen LogP contribution in [-0.2, 0) is 24.0 Å². The zero-order valence-corrected chi connectivity index (χ0v) is 14.0. The van der Waals surface area contributed by atoms with E-state index in [1.54, 1.807) is 6.92 Å². The Balaban J connectivity index is 4.00. The fraction of sp³-hybridized carbons (Fsp3) is 0.643. The molecule has 0 aliphatic heterocycles. The van der Waals surface area contributed by atoms with Crippen molar-refractivity contribution in [1.82, 2.24) is 21.3 Å². The highest BCUT2D eigenvalue weighted by Crippen LogP contribution is 1.91. The van der Waals surface area contributed by atoms with E-state index in [4.69, 9.17) is 5.11 Å². The van der Waals surface area contributed by atoms with Crippen LogP contribution in [-0.4, -0.2) is 59.9 Å². The number of carboxylic acid groups (broad SMARTS) is 1. The van der Waals surface area contributed by atoms with Gasteiger partial charge in [0.05, 0.1) is 6.54 Å². The van der Waals surface area contributed by atoms with Crippen LogP contribution in [0.3, 0.4) is 0 Å². The van der Waals surface area contributed by atoms with Crippen LogP contribution in [0.25, 0.3) is 0 Å². The molecule has 0 aromatic rings. The van der Waals surface area contributed by atoms with Crippen molar-refractivity contribution < 1.29 is 29.1 Å². The van der Waals surface area contributed by atoms with Gasteiger partial charge < -0.3 is 26.4 Å². The van der Waals surface area contributed by atoms with E-state index < -0.39 is 35.8 Å². The Labute approximate surface area is 139 Å². The molecular formula is C14H24N4O6. The van der Waals surface area contributed by atoms with Gasteiger partial charge in [-0.05, 0) is 20.8 Å². The van der Waals surface area contributed by atoms with Gasteiger partial charge in [-0.25, -0.2) is 0 Å². The molecule has 4 amide bonds. The third-order valence-corrected chi connectivity index (χ3v) is 2.89. The highest BCUT2D eigenvalue weighted by Gasteiger charge is 2.16. The van der Waals surface area contributed by atoms with Crippen molar-refractivity contribution >= 4 is 29.6 Å². The number of hydrogen-bond donors (Lipinski definition) is 5. The van der Waals surface area contributed by atoms with Crippen molar-refractivity contribution in [2.45, 2.75) is 45.7 Å². The van der Waals surface area contributed by atoms with Crippen LogP contribution in [0.15, 0.2) is 0 Å². The van der Waals surface area contributed by atoms with Crippen LogP contribution in [0, 0.1) is 0 Å². The number of likely N-dealkylation sites (N-methyl/N-ethyl adjacent to an activating group) is 1. The summed E-state index contributed by atoms with van der Waals surface area (Å²) in [4.78, 5) is 56.5. The van der Waals surface area contributed by atoms with Gasteiger partial charge in [-0.3, -0.25) is 24.0 Å². The molecule has 0 saturated heterocycles. The predicted octanol–water partition coefficient (Wildman–Crippen LogP) is -1.89. The van der Waals surface area contributed by atoms with Gasteiger partial charge in [-0.2, -0.15) is 0 Å².